The van der Waals surface area contributed by atoms with Gasteiger partial charge in [0.05, 0.1) is 0 Å². The summed E-state index contributed by atoms with van der Waals surface area (Å²) in [4.78, 5) is 1.49. The highest BCUT2D eigenvalue weighted by molar-refractivity contribution is 7.10. The van der Waals surface area contributed by atoms with Crippen LogP contribution in [0.15, 0.2) is 17.5 Å². The van der Waals surface area contributed by atoms with Crippen LogP contribution in [0.4, 0.5) is 0 Å². The van der Waals surface area contributed by atoms with E-state index in [2.05, 4.69) is 43.6 Å². The molecule has 0 spiro atoms. The fourth-order valence-corrected chi connectivity index (χ4v) is 2.86. The van der Waals surface area contributed by atoms with Crippen LogP contribution in [0.5, 0.6) is 0 Å². The number of hydrogen-bond donors (Lipinski definition) is 1. The molecule has 1 aromatic heterocycles. The zero-order chi connectivity index (χ0) is 11.1. The van der Waals surface area contributed by atoms with Gasteiger partial charge in [0.1, 0.15) is 0 Å². The Balaban J connectivity index is 2.51. The van der Waals surface area contributed by atoms with Crippen LogP contribution < -0.4 is 5.32 Å². The summed E-state index contributed by atoms with van der Waals surface area (Å²) in [5.41, 5.74) is 0. The molecule has 0 amide bonds. The van der Waals surface area contributed by atoms with Crippen molar-refractivity contribution in [3.8, 4) is 0 Å². The number of nitrogens with one attached hydrogen (secondary N) is 1. The molecule has 86 valence electrons. The Kier molecular flexibility index (Phi) is 5.96. The highest BCUT2D eigenvalue weighted by Gasteiger charge is 2.14. The van der Waals surface area contributed by atoms with E-state index in [4.69, 9.17) is 0 Å². The maximum atomic E-state index is 3.58. The Morgan fingerprint density at radius 1 is 1.40 bits per heavy atom. The molecule has 2 heteroatoms. The molecule has 0 bridgehead atoms. The molecule has 1 rings (SSSR count). The maximum Gasteiger partial charge on any atom is 0.0417 e. The van der Waals surface area contributed by atoms with E-state index in [-0.39, 0.29) is 0 Å². The molecule has 0 fully saturated rings. The average Bonchev–Trinajstić information content (AvgIpc) is 2.70. The molecule has 0 saturated heterocycles. The highest BCUT2D eigenvalue weighted by Crippen LogP contribution is 2.26. The Bertz CT molecular complexity index is 243. The van der Waals surface area contributed by atoms with Gasteiger partial charge in [0, 0.05) is 10.9 Å². The third kappa shape index (κ3) is 4.35. The second kappa shape index (κ2) is 7.02. The summed E-state index contributed by atoms with van der Waals surface area (Å²) in [7, 11) is 0. The standard InChI is InChI=1S/C13H23NS/c1-4-7-11(3)10-12(14-5-2)13-8-6-9-15-13/h6,8-9,11-12,14H,4-5,7,10H2,1-3H3. The summed E-state index contributed by atoms with van der Waals surface area (Å²) in [5, 5.41) is 5.76. The van der Waals surface area contributed by atoms with E-state index in [0.717, 1.165) is 12.5 Å². The van der Waals surface area contributed by atoms with Crippen LogP contribution in [0, 0.1) is 5.92 Å². The van der Waals surface area contributed by atoms with Gasteiger partial charge in [0.15, 0.2) is 0 Å². The van der Waals surface area contributed by atoms with Crippen molar-refractivity contribution in [3.63, 3.8) is 0 Å². The summed E-state index contributed by atoms with van der Waals surface area (Å²) in [5.74, 6) is 0.821. The van der Waals surface area contributed by atoms with Gasteiger partial charge in [-0.1, -0.05) is 39.7 Å². The molecule has 1 nitrogen and oxygen atoms in total. The normalized spacial score (nSPS) is 15.1. The molecule has 0 aliphatic rings. The predicted molar refractivity (Wildman–Crippen MR) is 69.4 cm³/mol. The molecule has 0 aliphatic heterocycles. The van der Waals surface area contributed by atoms with Crippen LogP contribution in [-0.4, -0.2) is 6.54 Å². The predicted octanol–water partition coefficient (Wildman–Crippen LogP) is 4.23. The summed E-state index contributed by atoms with van der Waals surface area (Å²) in [6.07, 6.45) is 3.90. The van der Waals surface area contributed by atoms with Gasteiger partial charge in [0.25, 0.3) is 0 Å². The molecule has 2 atom stereocenters. The monoisotopic (exact) mass is 225 g/mol. The fourth-order valence-electron chi connectivity index (χ4n) is 2.05. The van der Waals surface area contributed by atoms with Crippen molar-refractivity contribution in [1.82, 2.24) is 5.32 Å². The zero-order valence-corrected chi connectivity index (χ0v) is 10.9. The van der Waals surface area contributed by atoms with Crippen molar-refractivity contribution < 1.29 is 0 Å². The second-order valence-corrected chi connectivity index (χ2v) is 5.23. The van der Waals surface area contributed by atoms with E-state index in [1.165, 1.54) is 24.1 Å². The minimum atomic E-state index is 0.566. The summed E-state index contributed by atoms with van der Waals surface area (Å²) < 4.78 is 0. The quantitative estimate of drug-likeness (QED) is 0.732. The first-order valence-corrected chi connectivity index (χ1v) is 6.92. The molecule has 1 N–H and O–H groups in total. The molecule has 15 heavy (non-hydrogen) atoms. The molecular formula is C13H23NS. The van der Waals surface area contributed by atoms with Gasteiger partial charge in [-0.2, -0.15) is 0 Å². The molecular weight excluding hydrogens is 202 g/mol. The molecule has 0 saturated carbocycles. The van der Waals surface area contributed by atoms with Crippen molar-refractivity contribution in [2.24, 2.45) is 5.92 Å². The van der Waals surface area contributed by atoms with E-state index in [9.17, 15) is 0 Å². The van der Waals surface area contributed by atoms with E-state index in [1.807, 2.05) is 11.3 Å². The molecule has 0 aliphatic carbocycles. The van der Waals surface area contributed by atoms with Crippen molar-refractivity contribution in [2.75, 3.05) is 6.54 Å². The molecule has 0 radical (unpaired) electrons. The van der Waals surface area contributed by atoms with Gasteiger partial charge in [-0.25, -0.2) is 0 Å². The van der Waals surface area contributed by atoms with Crippen molar-refractivity contribution >= 4 is 11.3 Å². The molecule has 1 heterocycles. The number of thiophene rings is 1. The lowest BCUT2D eigenvalue weighted by Crippen LogP contribution is -2.22. The zero-order valence-electron chi connectivity index (χ0n) is 10.1. The smallest absolute Gasteiger partial charge is 0.0417 e. The SMILES string of the molecule is CCCC(C)CC(NCC)c1cccs1. The largest absolute Gasteiger partial charge is 0.310 e. The van der Waals surface area contributed by atoms with Crippen molar-refractivity contribution in [3.05, 3.63) is 22.4 Å². The lowest BCUT2D eigenvalue weighted by atomic mass is 9.96. The van der Waals surface area contributed by atoms with Gasteiger partial charge >= 0.3 is 0 Å². The van der Waals surface area contributed by atoms with Crippen LogP contribution in [0.3, 0.4) is 0 Å². The third-order valence-corrected chi connectivity index (χ3v) is 3.74. The Hall–Kier alpha value is -0.340. The van der Waals surface area contributed by atoms with Crippen molar-refractivity contribution in [2.45, 2.75) is 46.1 Å². The first-order chi connectivity index (χ1) is 7.27. The minimum absolute atomic E-state index is 0.566. The first-order valence-electron chi connectivity index (χ1n) is 6.04. The van der Waals surface area contributed by atoms with Crippen molar-refractivity contribution in [1.29, 1.82) is 0 Å². The third-order valence-electron chi connectivity index (χ3n) is 2.76. The van der Waals surface area contributed by atoms with Crippen LogP contribution in [-0.2, 0) is 0 Å². The second-order valence-electron chi connectivity index (χ2n) is 4.26. The van der Waals surface area contributed by atoms with E-state index in [0.29, 0.717) is 6.04 Å². The Labute approximate surface area is 97.9 Å². The Morgan fingerprint density at radius 3 is 2.73 bits per heavy atom. The summed E-state index contributed by atoms with van der Waals surface area (Å²) >= 11 is 1.87. The Morgan fingerprint density at radius 2 is 2.20 bits per heavy atom. The lowest BCUT2D eigenvalue weighted by molar-refractivity contribution is 0.399. The van der Waals surface area contributed by atoms with Crippen LogP contribution in [0.1, 0.15) is 51.0 Å². The van der Waals surface area contributed by atoms with E-state index >= 15 is 0 Å². The van der Waals surface area contributed by atoms with Gasteiger partial charge in [-0.3, -0.25) is 0 Å². The van der Waals surface area contributed by atoms with Gasteiger partial charge in [-0.15, -0.1) is 11.3 Å². The van der Waals surface area contributed by atoms with Crippen LogP contribution >= 0.6 is 11.3 Å². The maximum absolute atomic E-state index is 3.58. The number of hydrogen-bond acceptors (Lipinski definition) is 2. The molecule has 2 unspecified atom stereocenters. The van der Waals surface area contributed by atoms with E-state index < -0.39 is 0 Å². The van der Waals surface area contributed by atoms with Crippen LogP contribution in [0.25, 0.3) is 0 Å². The fraction of sp³-hybridized carbons (Fsp3) is 0.692. The first kappa shape index (κ1) is 12.7. The summed E-state index contributed by atoms with van der Waals surface area (Å²) in [6, 6.07) is 4.96. The van der Waals surface area contributed by atoms with E-state index in [1.54, 1.807) is 0 Å². The number of rotatable bonds is 7. The topological polar surface area (TPSA) is 12.0 Å². The average molecular weight is 225 g/mol. The van der Waals surface area contributed by atoms with Gasteiger partial charge in [-0.05, 0) is 30.3 Å². The lowest BCUT2D eigenvalue weighted by Gasteiger charge is -2.20. The van der Waals surface area contributed by atoms with Gasteiger partial charge < -0.3 is 5.32 Å². The van der Waals surface area contributed by atoms with Gasteiger partial charge in [0.2, 0.25) is 0 Å². The molecule has 1 aromatic rings. The highest BCUT2D eigenvalue weighted by atomic mass is 32.1. The molecule has 0 aromatic carbocycles. The summed E-state index contributed by atoms with van der Waals surface area (Å²) in [6.45, 7) is 7.87. The van der Waals surface area contributed by atoms with Crippen LogP contribution in [0.2, 0.25) is 0 Å². The minimum Gasteiger partial charge on any atom is -0.310 e.